The van der Waals surface area contributed by atoms with Gasteiger partial charge in [-0.15, -0.1) is 24.8 Å². The minimum atomic E-state index is 0. The molecule has 1 aliphatic heterocycles. The molecule has 25 heavy (non-hydrogen) atoms. The molecule has 1 aromatic carbocycles. The van der Waals surface area contributed by atoms with E-state index in [-0.39, 0.29) is 36.8 Å². The van der Waals surface area contributed by atoms with E-state index in [2.05, 4.69) is 29.2 Å². The molecule has 1 saturated heterocycles. The van der Waals surface area contributed by atoms with Crippen LogP contribution in [0, 0.1) is 5.92 Å². The first-order valence-electron chi connectivity index (χ1n) is 8.96. The van der Waals surface area contributed by atoms with Crippen LogP contribution in [0.3, 0.4) is 0 Å². The Labute approximate surface area is 163 Å². The van der Waals surface area contributed by atoms with Crippen LogP contribution in [0.1, 0.15) is 38.5 Å². The predicted octanol–water partition coefficient (Wildman–Crippen LogP) is 3.47. The highest BCUT2D eigenvalue weighted by Crippen LogP contribution is 2.28. The number of carbonyl (C=O) groups is 1. The number of piperidine rings is 1. The molecule has 1 unspecified atom stereocenters. The number of hydrogen-bond donors (Lipinski definition) is 1. The third kappa shape index (κ3) is 5.50. The van der Waals surface area contributed by atoms with Crippen LogP contribution in [0.5, 0.6) is 0 Å². The monoisotopic (exact) mass is 387 g/mol. The first-order valence-corrected chi connectivity index (χ1v) is 8.96. The molecule has 3 rings (SSSR count). The second kappa shape index (κ2) is 10.2. The third-order valence-electron chi connectivity index (χ3n) is 5.61. The molecule has 0 spiro atoms. The molecule has 2 N–H and O–H groups in total. The van der Waals surface area contributed by atoms with Crippen LogP contribution in [0.4, 0.5) is 5.69 Å². The second-order valence-corrected chi connectivity index (χ2v) is 7.14. The molecule has 1 heterocycles. The summed E-state index contributed by atoms with van der Waals surface area (Å²) in [5, 5.41) is 0. The van der Waals surface area contributed by atoms with Gasteiger partial charge >= 0.3 is 0 Å². The number of halogens is 2. The molecule has 4 nitrogen and oxygen atoms in total. The van der Waals surface area contributed by atoms with E-state index in [9.17, 15) is 4.79 Å². The Morgan fingerprint density at radius 1 is 1.16 bits per heavy atom. The molecular formula is C19H31Cl2N3O. The van der Waals surface area contributed by atoms with Crippen molar-refractivity contribution in [3.05, 3.63) is 30.3 Å². The number of carbonyl (C=O) groups excluding carboxylic acids is 1. The van der Waals surface area contributed by atoms with Gasteiger partial charge in [-0.05, 0) is 43.7 Å². The van der Waals surface area contributed by atoms with Crippen LogP contribution in [0.15, 0.2) is 30.3 Å². The molecule has 0 radical (unpaired) electrons. The molecule has 1 amide bonds. The SMILES string of the molecule is CN(C(=O)C[C@@H]1CCC[C@H]1N)C1CCCN(c2ccccc2)C1.Cl.Cl. The van der Waals surface area contributed by atoms with E-state index in [1.165, 1.54) is 12.1 Å². The molecule has 6 heteroatoms. The van der Waals surface area contributed by atoms with E-state index in [4.69, 9.17) is 5.73 Å². The van der Waals surface area contributed by atoms with Crippen molar-refractivity contribution >= 4 is 36.4 Å². The molecule has 142 valence electrons. The highest BCUT2D eigenvalue weighted by molar-refractivity contribution is 5.85. The highest BCUT2D eigenvalue weighted by atomic mass is 35.5. The molecule has 2 fully saturated rings. The van der Waals surface area contributed by atoms with Crippen LogP contribution in [-0.4, -0.2) is 43.0 Å². The van der Waals surface area contributed by atoms with E-state index in [0.717, 1.165) is 38.8 Å². The van der Waals surface area contributed by atoms with E-state index in [1.54, 1.807) is 0 Å². The summed E-state index contributed by atoms with van der Waals surface area (Å²) in [6.45, 7) is 2.01. The van der Waals surface area contributed by atoms with Gasteiger partial charge in [0.1, 0.15) is 0 Å². The fourth-order valence-corrected chi connectivity index (χ4v) is 4.04. The molecule has 0 aromatic heterocycles. The Hall–Kier alpha value is -0.970. The van der Waals surface area contributed by atoms with Gasteiger partial charge in [0.2, 0.25) is 5.91 Å². The zero-order valence-electron chi connectivity index (χ0n) is 15.0. The molecule has 1 aromatic rings. The van der Waals surface area contributed by atoms with Crippen molar-refractivity contribution in [3.8, 4) is 0 Å². The number of benzene rings is 1. The summed E-state index contributed by atoms with van der Waals surface area (Å²) < 4.78 is 0. The first kappa shape index (κ1) is 22.1. The lowest BCUT2D eigenvalue weighted by atomic mass is 9.98. The van der Waals surface area contributed by atoms with Gasteiger partial charge in [-0.2, -0.15) is 0 Å². The second-order valence-electron chi connectivity index (χ2n) is 7.14. The van der Waals surface area contributed by atoms with E-state index in [1.807, 2.05) is 18.0 Å². The number of amides is 1. The van der Waals surface area contributed by atoms with Gasteiger partial charge in [0.05, 0.1) is 0 Å². The molecule has 2 aliphatic rings. The Balaban J connectivity index is 0.00000156. The van der Waals surface area contributed by atoms with E-state index < -0.39 is 0 Å². The average Bonchev–Trinajstić information content (AvgIpc) is 3.00. The molecule has 1 aliphatic carbocycles. The smallest absolute Gasteiger partial charge is 0.222 e. The molecular weight excluding hydrogens is 357 g/mol. The van der Waals surface area contributed by atoms with Crippen molar-refractivity contribution in [1.82, 2.24) is 4.90 Å². The number of likely N-dealkylation sites (N-methyl/N-ethyl adjacent to an activating group) is 1. The van der Waals surface area contributed by atoms with Crippen LogP contribution >= 0.6 is 24.8 Å². The summed E-state index contributed by atoms with van der Waals surface area (Å²) in [6, 6.07) is 11.0. The van der Waals surface area contributed by atoms with E-state index in [0.29, 0.717) is 18.4 Å². The molecule has 3 atom stereocenters. The number of anilines is 1. The number of nitrogens with zero attached hydrogens (tertiary/aromatic N) is 2. The number of rotatable bonds is 4. The topological polar surface area (TPSA) is 49.6 Å². The Kier molecular flexibility index (Phi) is 9.04. The zero-order chi connectivity index (χ0) is 16.2. The summed E-state index contributed by atoms with van der Waals surface area (Å²) >= 11 is 0. The standard InChI is InChI=1S/C19H29N3O.2ClH/c1-21(19(23)13-15-7-5-11-18(15)20)17-10-6-12-22(14-17)16-8-3-2-4-9-16;;/h2-4,8-9,15,17-18H,5-7,10-14,20H2,1H3;2*1H/t15-,17?,18+;;/m0../s1. The highest BCUT2D eigenvalue weighted by Gasteiger charge is 2.30. The minimum absolute atomic E-state index is 0. The van der Waals surface area contributed by atoms with Crippen LogP contribution < -0.4 is 10.6 Å². The lowest BCUT2D eigenvalue weighted by Gasteiger charge is -2.39. The van der Waals surface area contributed by atoms with Crippen molar-refractivity contribution in [1.29, 1.82) is 0 Å². The minimum Gasteiger partial charge on any atom is -0.369 e. The van der Waals surface area contributed by atoms with E-state index >= 15 is 0 Å². The lowest BCUT2D eigenvalue weighted by molar-refractivity contribution is -0.133. The van der Waals surface area contributed by atoms with Crippen LogP contribution in [0.2, 0.25) is 0 Å². The number of nitrogens with two attached hydrogens (primary N) is 1. The zero-order valence-corrected chi connectivity index (χ0v) is 16.6. The van der Waals surface area contributed by atoms with Gasteiger partial charge in [0.25, 0.3) is 0 Å². The largest absolute Gasteiger partial charge is 0.369 e. The quantitative estimate of drug-likeness (QED) is 0.859. The fraction of sp³-hybridized carbons (Fsp3) is 0.632. The van der Waals surface area contributed by atoms with Crippen molar-refractivity contribution in [3.63, 3.8) is 0 Å². The summed E-state index contributed by atoms with van der Waals surface area (Å²) in [5.74, 6) is 0.658. The number of hydrogen-bond acceptors (Lipinski definition) is 3. The van der Waals surface area contributed by atoms with Crippen LogP contribution in [-0.2, 0) is 4.79 Å². The van der Waals surface area contributed by atoms with Crippen molar-refractivity contribution < 1.29 is 4.79 Å². The van der Waals surface area contributed by atoms with Gasteiger partial charge in [-0.3, -0.25) is 4.79 Å². The fourth-order valence-electron chi connectivity index (χ4n) is 4.04. The molecule has 0 bridgehead atoms. The summed E-state index contributed by atoms with van der Waals surface area (Å²) in [4.78, 5) is 17.0. The average molecular weight is 388 g/mol. The van der Waals surface area contributed by atoms with Crippen molar-refractivity contribution in [2.45, 2.75) is 50.6 Å². The predicted molar refractivity (Wildman–Crippen MR) is 109 cm³/mol. The Morgan fingerprint density at radius 3 is 2.52 bits per heavy atom. The third-order valence-corrected chi connectivity index (χ3v) is 5.61. The van der Waals surface area contributed by atoms with Gasteiger partial charge in [0, 0.05) is 44.3 Å². The van der Waals surface area contributed by atoms with Gasteiger partial charge in [0.15, 0.2) is 0 Å². The maximum atomic E-state index is 12.6. The summed E-state index contributed by atoms with van der Waals surface area (Å²) in [7, 11) is 1.97. The normalized spacial score (nSPS) is 25.7. The number of para-hydroxylation sites is 1. The van der Waals surface area contributed by atoms with Gasteiger partial charge in [-0.1, -0.05) is 24.6 Å². The lowest BCUT2D eigenvalue weighted by Crippen LogP contribution is -2.49. The molecule has 1 saturated carbocycles. The Morgan fingerprint density at radius 2 is 1.88 bits per heavy atom. The summed E-state index contributed by atoms with van der Waals surface area (Å²) in [6.07, 6.45) is 6.23. The summed E-state index contributed by atoms with van der Waals surface area (Å²) in [5.41, 5.74) is 7.39. The van der Waals surface area contributed by atoms with Gasteiger partial charge in [-0.25, -0.2) is 0 Å². The van der Waals surface area contributed by atoms with Crippen LogP contribution in [0.25, 0.3) is 0 Å². The van der Waals surface area contributed by atoms with Crippen molar-refractivity contribution in [2.24, 2.45) is 11.7 Å². The maximum absolute atomic E-state index is 12.6. The Bertz CT molecular complexity index is 529. The first-order chi connectivity index (χ1) is 11.1. The van der Waals surface area contributed by atoms with Gasteiger partial charge < -0.3 is 15.5 Å². The van der Waals surface area contributed by atoms with Crippen molar-refractivity contribution in [2.75, 3.05) is 25.0 Å². The maximum Gasteiger partial charge on any atom is 0.222 e.